The van der Waals surface area contributed by atoms with Crippen LogP contribution in [-0.2, 0) is 15.7 Å². The predicted octanol–water partition coefficient (Wildman–Crippen LogP) is 5.14. The van der Waals surface area contributed by atoms with Gasteiger partial charge in [-0.15, -0.1) is 0 Å². The van der Waals surface area contributed by atoms with Crippen LogP contribution in [0.5, 0.6) is 5.75 Å². The van der Waals surface area contributed by atoms with E-state index in [0.29, 0.717) is 16.7 Å². The lowest BCUT2D eigenvalue weighted by molar-refractivity contribution is -0.141. The highest BCUT2D eigenvalue weighted by molar-refractivity contribution is 5.91. The Kier molecular flexibility index (Phi) is 5.55. The summed E-state index contributed by atoms with van der Waals surface area (Å²) in [5, 5.41) is 21.0. The summed E-state index contributed by atoms with van der Waals surface area (Å²) >= 11 is 0. The van der Waals surface area contributed by atoms with E-state index >= 15 is 0 Å². The maximum absolute atomic E-state index is 12.6. The zero-order chi connectivity index (χ0) is 21.1. The molecule has 0 fully saturated rings. The average Bonchev–Trinajstić information content (AvgIpc) is 2.70. The highest BCUT2D eigenvalue weighted by Crippen LogP contribution is 2.36. The maximum atomic E-state index is 12.6. The van der Waals surface area contributed by atoms with Crippen molar-refractivity contribution in [3.63, 3.8) is 0 Å². The van der Waals surface area contributed by atoms with Crippen LogP contribution in [0.3, 0.4) is 0 Å². The van der Waals surface area contributed by atoms with Gasteiger partial charge in [0.05, 0.1) is 0 Å². The van der Waals surface area contributed by atoms with Crippen LogP contribution in [0.2, 0.25) is 0 Å². The highest BCUT2D eigenvalue weighted by Gasteiger charge is 2.41. The third kappa shape index (κ3) is 3.92. The van der Waals surface area contributed by atoms with E-state index in [1.807, 2.05) is 45.0 Å². The van der Waals surface area contributed by atoms with Crippen molar-refractivity contribution >= 4 is 12.2 Å². The SMILES string of the molecule is CC(C)(C)c1cccc(C=NC(C(=O)O)(c2ccccc2)c2ccccc2)c1O. The molecule has 0 unspecified atom stereocenters. The number of nitrogens with zero attached hydrogens (tertiary/aromatic N) is 1. The fourth-order valence-electron chi connectivity index (χ4n) is 3.41. The number of para-hydroxylation sites is 1. The molecule has 3 aromatic carbocycles. The van der Waals surface area contributed by atoms with Crippen molar-refractivity contribution in [2.75, 3.05) is 0 Å². The van der Waals surface area contributed by atoms with Crippen LogP contribution in [0.15, 0.2) is 83.9 Å². The van der Waals surface area contributed by atoms with Gasteiger partial charge in [-0.3, -0.25) is 4.99 Å². The van der Waals surface area contributed by atoms with Crippen LogP contribution in [0.25, 0.3) is 0 Å². The molecule has 0 aromatic heterocycles. The largest absolute Gasteiger partial charge is 0.507 e. The van der Waals surface area contributed by atoms with Crippen LogP contribution in [0, 0.1) is 0 Å². The molecule has 0 bridgehead atoms. The lowest BCUT2D eigenvalue weighted by Crippen LogP contribution is -2.35. The topological polar surface area (TPSA) is 69.9 Å². The molecule has 0 amide bonds. The van der Waals surface area contributed by atoms with Crippen LogP contribution in [0.1, 0.15) is 43.0 Å². The molecule has 4 nitrogen and oxygen atoms in total. The molecule has 0 radical (unpaired) electrons. The third-order valence-electron chi connectivity index (χ3n) is 4.97. The molecule has 0 aliphatic heterocycles. The number of phenols is 1. The first-order valence-electron chi connectivity index (χ1n) is 9.49. The normalized spacial score (nSPS) is 12.2. The van der Waals surface area contributed by atoms with Gasteiger partial charge in [0.2, 0.25) is 5.54 Å². The molecular weight excluding hydrogens is 362 g/mol. The Balaban J connectivity index is 2.21. The Morgan fingerprint density at radius 1 is 0.828 bits per heavy atom. The van der Waals surface area contributed by atoms with E-state index in [1.54, 1.807) is 54.6 Å². The second kappa shape index (κ2) is 7.92. The number of benzene rings is 3. The second-order valence-corrected chi connectivity index (χ2v) is 8.00. The highest BCUT2D eigenvalue weighted by atomic mass is 16.4. The van der Waals surface area contributed by atoms with Gasteiger partial charge in [0.1, 0.15) is 5.75 Å². The number of hydrogen-bond donors (Lipinski definition) is 2. The maximum Gasteiger partial charge on any atom is 0.340 e. The van der Waals surface area contributed by atoms with E-state index in [4.69, 9.17) is 0 Å². The molecule has 3 rings (SSSR count). The van der Waals surface area contributed by atoms with Gasteiger partial charge in [0, 0.05) is 11.8 Å². The summed E-state index contributed by atoms with van der Waals surface area (Å²) in [6.07, 6.45) is 1.46. The molecule has 4 heteroatoms. The van der Waals surface area contributed by atoms with Crippen molar-refractivity contribution in [1.82, 2.24) is 0 Å². The van der Waals surface area contributed by atoms with Gasteiger partial charge in [-0.2, -0.15) is 0 Å². The molecule has 3 aromatic rings. The van der Waals surface area contributed by atoms with E-state index in [2.05, 4.69) is 4.99 Å². The first-order chi connectivity index (χ1) is 13.8. The van der Waals surface area contributed by atoms with Crippen molar-refractivity contribution in [3.8, 4) is 5.75 Å². The summed E-state index contributed by atoms with van der Waals surface area (Å²) in [5.74, 6) is -0.971. The Morgan fingerprint density at radius 2 is 1.34 bits per heavy atom. The van der Waals surface area contributed by atoms with Gasteiger partial charge in [0.15, 0.2) is 0 Å². The van der Waals surface area contributed by atoms with Crippen molar-refractivity contribution in [2.45, 2.75) is 31.7 Å². The minimum atomic E-state index is -1.62. The molecule has 0 aliphatic rings. The number of hydrogen-bond acceptors (Lipinski definition) is 3. The van der Waals surface area contributed by atoms with E-state index in [9.17, 15) is 15.0 Å². The molecule has 2 N–H and O–H groups in total. The second-order valence-electron chi connectivity index (χ2n) is 8.00. The Labute approximate surface area is 171 Å². The standard InChI is InChI=1S/C25H25NO3/c1-24(2,3)21-16-10-11-18(22(21)27)17-26-25(23(28)29,19-12-6-4-7-13-19)20-14-8-5-9-15-20/h4-17,27H,1-3H3,(H,28,29). The third-order valence-corrected chi connectivity index (χ3v) is 4.97. The Bertz CT molecular complexity index is 979. The van der Waals surface area contributed by atoms with Crippen molar-refractivity contribution in [2.24, 2.45) is 4.99 Å². The number of rotatable bonds is 5. The number of carboxylic acids is 1. The van der Waals surface area contributed by atoms with Gasteiger partial charge in [-0.25, -0.2) is 4.79 Å². The molecule has 0 atom stereocenters. The van der Waals surface area contributed by atoms with Crippen LogP contribution in [-0.4, -0.2) is 22.4 Å². The zero-order valence-corrected chi connectivity index (χ0v) is 16.8. The summed E-state index contributed by atoms with van der Waals surface area (Å²) in [4.78, 5) is 17.1. The van der Waals surface area contributed by atoms with Gasteiger partial charge in [0.25, 0.3) is 0 Å². The van der Waals surface area contributed by atoms with E-state index in [1.165, 1.54) is 6.21 Å². The number of aliphatic carboxylic acids is 1. The van der Waals surface area contributed by atoms with Crippen LogP contribution in [0.4, 0.5) is 0 Å². The van der Waals surface area contributed by atoms with Crippen molar-refractivity contribution in [3.05, 3.63) is 101 Å². The summed E-state index contributed by atoms with van der Waals surface area (Å²) in [6, 6.07) is 23.3. The molecule has 29 heavy (non-hydrogen) atoms. The molecule has 0 saturated carbocycles. The fourth-order valence-corrected chi connectivity index (χ4v) is 3.41. The molecule has 0 aliphatic carbocycles. The van der Waals surface area contributed by atoms with E-state index < -0.39 is 11.5 Å². The molecular formula is C25H25NO3. The number of phenolic OH excluding ortho intramolecular Hbond substituents is 1. The quantitative estimate of drug-likeness (QED) is 0.596. The predicted molar refractivity (Wildman–Crippen MR) is 116 cm³/mol. The zero-order valence-electron chi connectivity index (χ0n) is 16.8. The smallest absolute Gasteiger partial charge is 0.340 e. The lowest BCUT2D eigenvalue weighted by atomic mass is 9.83. The minimum absolute atomic E-state index is 0.115. The summed E-state index contributed by atoms with van der Waals surface area (Å²) in [5.41, 5.74) is 0.475. The van der Waals surface area contributed by atoms with Crippen LogP contribution < -0.4 is 0 Å². The summed E-state index contributed by atoms with van der Waals surface area (Å²) < 4.78 is 0. The molecule has 148 valence electrons. The first-order valence-corrected chi connectivity index (χ1v) is 9.49. The van der Waals surface area contributed by atoms with Gasteiger partial charge in [-0.05, 0) is 28.2 Å². The van der Waals surface area contributed by atoms with Gasteiger partial charge < -0.3 is 10.2 Å². The minimum Gasteiger partial charge on any atom is -0.507 e. The Morgan fingerprint density at radius 3 is 1.79 bits per heavy atom. The molecule has 0 heterocycles. The molecule has 0 saturated heterocycles. The molecule has 0 spiro atoms. The van der Waals surface area contributed by atoms with E-state index in [0.717, 1.165) is 5.56 Å². The van der Waals surface area contributed by atoms with Gasteiger partial charge in [-0.1, -0.05) is 93.6 Å². The van der Waals surface area contributed by atoms with Crippen LogP contribution >= 0.6 is 0 Å². The number of carboxylic acid groups (broad SMARTS) is 1. The van der Waals surface area contributed by atoms with E-state index in [-0.39, 0.29) is 11.2 Å². The number of carbonyl (C=O) groups is 1. The van der Waals surface area contributed by atoms with Crippen molar-refractivity contribution in [1.29, 1.82) is 0 Å². The summed E-state index contributed by atoms with van der Waals surface area (Å²) in [6.45, 7) is 6.04. The van der Waals surface area contributed by atoms with Crippen molar-refractivity contribution < 1.29 is 15.0 Å². The Hall–Kier alpha value is -3.40. The van der Waals surface area contributed by atoms with Gasteiger partial charge >= 0.3 is 5.97 Å². The lowest BCUT2D eigenvalue weighted by Gasteiger charge is -2.27. The number of aliphatic imine (C=N–C) groups is 1. The monoisotopic (exact) mass is 387 g/mol. The average molecular weight is 387 g/mol. The fraction of sp³-hybridized carbons (Fsp3) is 0.200. The first kappa shape index (κ1) is 20.3. The summed E-state index contributed by atoms with van der Waals surface area (Å²) in [7, 11) is 0. The number of aromatic hydroxyl groups is 1.